The van der Waals surface area contributed by atoms with Gasteiger partial charge in [0, 0.05) is 12.2 Å². The molecule has 2 aromatic rings. The van der Waals surface area contributed by atoms with Gasteiger partial charge in [-0.2, -0.15) is 5.10 Å². The first kappa shape index (κ1) is 14.6. The summed E-state index contributed by atoms with van der Waals surface area (Å²) in [5.74, 6) is -0.449. The number of halogens is 1. The zero-order valence-electron chi connectivity index (χ0n) is 12.2. The number of hydrogen-bond acceptors (Lipinski definition) is 4. The molecule has 0 unspecified atom stereocenters. The van der Waals surface area contributed by atoms with Crippen molar-refractivity contribution >= 4 is 11.6 Å². The van der Waals surface area contributed by atoms with E-state index in [4.69, 9.17) is 4.74 Å². The zero-order valence-corrected chi connectivity index (χ0v) is 12.2. The third-order valence-electron chi connectivity index (χ3n) is 3.86. The fourth-order valence-electron chi connectivity index (χ4n) is 2.68. The number of carbonyl (C=O) groups is 1. The highest BCUT2D eigenvalue weighted by Gasteiger charge is 2.33. The summed E-state index contributed by atoms with van der Waals surface area (Å²) >= 11 is 0. The number of aromatic nitrogens is 3. The number of H-pyrrole nitrogens is 1. The van der Waals surface area contributed by atoms with E-state index >= 15 is 0 Å². The topological polar surface area (TPSA) is 79.9 Å². The van der Waals surface area contributed by atoms with Crippen LogP contribution < -0.4 is 5.32 Å². The SMILES string of the molecule is CC[C@@H]1OCC[C@H]1C(=O)Nc1ccc(-c2ncn[nH]2)cc1F. The summed E-state index contributed by atoms with van der Waals surface area (Å²) in [5.41, 5.74) is 0.735. The average Bonchev–Trinajstić information content (AvgIpc) is 3.20. The van der Waals surface area contributed by atoms with Crippen molar-refractivity contribution in [3.05, 3.63) is 30.3 Å². The molecule has 1 fully saturated rings. The van der Waals surface area contributed by atoms with Gasteiger partial charge in [0.1, 0.15) is 12.1 Å². The van der Waals surface area contributed by atoms with Crippen LogP contribution in [0.3, 0.4) is 0 Å². The Morgan fingerprint density at radius 2 is 2.41 bits per heavy atom. The van der Waals surface area contributed by atoms with Gasteiger partial charge in [0.2, 0.25) is 5.91 Å². The number of hydrogen-bond donors (Lipinski definition) is 2. The van der Waals surface area contributed by atoms with Crippen molar-refractivity contribution < 1.29 is 13.9 Å². The largest absolute Gasteiger partial charge is 0.377 e. The van der Waals surface area contributed by atoms with E-state index in [1.807, 2.05) is 6.92 Å². The maximum atomic E-state index is 14.2. The van der Waals surface area contributed by atoms with Gasteiger partial charge in [0.25, 0.3) is 0 Å². The Balaban J connectivity index is 1.74. The predicted octanol–water partition coefficient (Wildman–Crippen LogP) is 2.36. The van der Waals surface area contributed by atoms with Gasteiger partial charge in [-0.1, -0.05) is 6.92 Å². The lowest BCUT2D eigenvalue weighted by Crippen LogP contribution is -2.29. The molecule has 0 bridgehead atoms. The lowest BCUT2D eigenvalue weighted by atomic mass is 9.98. The molecular weight excluding hydrogens is 287 g/mol. The minimum Gasteiger partial charge on any atom is -0.377 e. The summed E-state index contributed by atoms with van der Waals surface area (Å²) in [6.07, 6.45) is 2.71. The predicted molar refractivity (Wildman–Crippen MR) is 78.5 cm³/mol. The average molecular weight is 304 g/mol. The van der Waals surface area contributed by atoms with Crippen molar-refractivity contribution in [3.63, 3.8) is 0 Å². The molecule has 2 N–H and O–H groups in total. The molecule has 1 aromatic heterocycles. The molecule has 0 radical (unpaired) electrons. The highest BCUT2D eigenvalue weighted by atomic mass is 19.1. The second-order valence-electron chi connectivity index (χ2n) is 5.23. The van der Waals surface area contributed by atoms with Crippen LogP contribution >= 0.6 is 0 Å². The first-order valence-electron chi connectivity index (χ1n) is 7.26. The van der Waals surface area contributed by atoms with E-state index in [-0.39, 0.29) is 23.6 Å². The molecule has 22 heavy (non-hydrogen) atoms. The third-order valence-corrected chi connectivity index (χ3v) is 3.86. The van der Waals surface area contributed by atoms with Crippen LogP contribution in [-0.4, -0.2) is 33.8 Å². The van der Waals surface area contributed by atoms with E-state index in [0.717, 1.165) is 6.42 Å². The molecule has 3 rings (SSSR count). The number of benzene rings is 1. The lowest BCUT2D eigenvalue weighted by molar-refractivity contribution is -0.121. The summed E-state index contributed by atoms with van der Waals surface area (Å²) in [6, 6.07) is 4.53. The molecule has 1 aliphatic heterocycles. The number of nitrogens with one attached hydrogen (secondary N) is 2. The summed E-state index contributed by atoms with van der Waals surface area (Å²) in [5, 5.41) is 9.04. The Hall–Kier alpha value is -2.28. The van der Waals surface area contributed by atoms with Gasteiger partial charge in [-0.15, -0.1) is 0 Å². The summed E-state index contributed by atoms with van der Waals surface area (Å²) in [4.78, 5) is 16.2. The van der Waals surface area contributed by atoms with E-state index in [0.29, 0.717) is 24.4 Å². The molecule has 1 aliphatic rings. The third kappa shape index (κ3) is 2.85. The van der Waals surface area contributed by atoms with Crippen LogP contribution in [0.2, 0.25) is 0 Å². The molecule has 2 atom stereocenters. The molecule has 0 aliphatic carbocycles. The number of anilines is 1. The summed E-state index contributed by atoms with van der Waals surface area (Å²) in [6.45, 7) is 2.55. The lowest BCUT2D eigenvalue weighted by Gasteiger charge is -2.16. The Kier molecular flexibility index (Phi) is 4.15. The summed E-state index contributed by atoms with van der Waals surface area (Å²) < 4.78 is 19.7. The van der Waals surface area contributed by atoms with Crippen molar-refractivity contribution in [1.82, 2.24) is 15.2 Å². The van der Waals surface area contributed by atoms with Gasteiger partial charge >= 0.3 is 0 Å². The van der Waals surface area contributed by atoms with Crippen LogP contribution in [0.15, 0.2) is 24.5 Å². The van der Waals surface area contributed by atoms with Gasteiger partial charge < -0.3 is 10.1 Å². The summed E-state index contributed by atoms with van der Waals surface area (Å²) in [7, 11) is 0. The Labute approximate surface area is 127 Å². The monoisotopic (exact) mass is 304 g/mol. The van der Waals surface area contributed by atoms with Crippen molar-refractivity contribution in [1.29, 1.82) is 0 Å². The zero-order chi connectivity index (χ0) is 15.5. The van der Waals surface area contributed by atoms with Crippen LogP contribution in [0, 0.1) is 11.7 Å². The Morgan fingerprint density at radius 1 is 1.55 bits per heavy atom. The van der Waals surface area contributed by atoms with Gasteiger partial charge in [-0.25, -0.2) is 9.37 Å². The fraction of sp³-hybridized carbons (Fsp3) is 0.400. The fourth-order valence-corrected chi connectivity index (χ4v) is 2.68. The van der Waals surface area contributed by atoms with E-state index in [1.165, 1.54) is 18.5 Å². The van der Waals surface area contributed by atoms with E-state index in [1.54, 1.807) is 6.07 Å². The van der Waals surface area contributed by atoms with E-state index in [2.05, 4.69) is 20.5 Å². The van der Waals surface area contributed by atoms with Crippen molar-refractivity contribution in [2.45, 2.75) is 25.9 Å². The molecular formula is C15H17FN4O2. The molecule has 2 heterocycles. The molecule has 7 heteroatoms. The normalized spacial score (nSPS) is 21.0. The highest BCUT2D eigenvalue weighted by molar-refractivity contribution is 5.93. The van der Waals surface area contributed by atoms with Crippen LogP contribution in [-0.2, 0) is 9.53 Å². The minimum atomic E-state index is -0.505. The minimum absolute atomic E-state index is 0.0865. The van der Waals surface area contributed by atoms with Crippen LogP contribution in [0.1, 0.15) is 19.8 Å². The van der Waals surface area contributed by atoms with Crippen molar-refractivity contribution in [2.75, 3.05) is 11.9 Å². The number of carbonyl (C=O) groups excluding carboxylic acids is 1. The number of ether oxygens (including phenoxy) is 1. The van der Waals surface area contributed by atoms with E-state index < -0.39 is 5.82 Å². The molecule has 1 saturated heterocycles. The number of rotatable bonds is 4. The second-order valence-corrected chi connectivity index (χ2v) is 5.23. The molecule has 116 valence electrons. The quantitative estimate of drug-likeness (QED) is 0.908. The van der Waals surface area contributed by atoms with Gasteiger partial charge in [0.05, 0.1) is 17.7 Å². The Morgan fingerprint density at radius 3 is 3.09 bits per heavy atom. The standard InChI is InChI=1S/C15H17FN4O2/c1-2-13-10(5-6-22-13)15(21)19-12-4-3-9(7-11(12)16)14-17-8-18-20-14/h3-4,7-8,10,13H,2,5-6H2,1H3,(H,19,21)(H,17,18,20)/t10-,13+/m1/s1. The Bertz CT molecular complexity index is 660. The molecule has 6 nitrogen and oxygen atoms in total. The maximum Gasteiger partial charge on any atom is 0.230 e. The van der Waals surface area contributed by atoms with Gasteiger partial charge in [-0.05, 0) is 31.0 Å². The first-order valence-corrected chi connectivity index (χ1v) is 7.26. The highest BCUT2D eigenvalue weighted by Crippen LogP contribution is 2.26. The van der Waals surface area contributed by atoms with E-state index in [9.17, 15) is 9.18 Å². The van der Waals surface area contributed by atoms with Crippen LogP contribution in [0.5, 0.6) is 0 Å². The molecule has 0 spiro atoms. The second kappa shape index (κ2) is 6.23. The number of aromatic amines is 1. The van der Waals surface area contributed by atoms with Crippen molar-refractivity contribution in [3.8, 4) is 11.4 Å². The number of nitrogens with zero attached hydrogens (tertiary/aromatic N) is 2. The van der Waals surface area contributed by atoms with Crippen molar-refractivity contribution in [2.24, 2.45) is 5.92 Å². The molecule has 0 saturated carbocycles. The maximum absolute atomic E-state index is 14.2. The van der Waals surface area contributed by atoms with Gasteiger partial charge in [0.15, 0.2) is 5.82 Å². The molecule has 1 amide bonds. The first-order chi connectivity index (χ1) is 10.7. The number of amides is 1. The van der Waals surface area contributed by atoms with Crippen LogP contribution in [0.4, 0.5) is 10.1 Å². The smallest absolute Gasteiger partial charge is 0.230 e. The van der Waals surface area contributed by atoms with Crippen LogP contribution in [0.25, 0.3) is 11.4 Å². The molecule has 1 aromatic carbocycles. The van der Waals surface area contributed by atoms with Gasteiger partial charge in [-0.3, -0.25) is 9.89 Å².